The van der Waals surface area contributed by atoms with Crippen LogP contribution in [-0.2, 0) is 11.8 Å². The first-order valence-corrected chi connectivity index (χ1v) is 14.3. The highest BCUT2D eigenvalue weighted by Crippen LogP contribution is 2.45. The van der Waals surface area contributed by atoms with Gasteiger partial charge in [0.2, 0.25) is 11.8 Å². The Bertz CT molecular complexity index is 1800. The lowest BCUT2D eigenvalue weighted by Crippen LogP contribution is -2.61. The number of amides is 2. The molecule has 1 atom stereocenters. The van der Waals surface area contributed by atoms with Crippen LogP contribution >= 0.6 is 0 Å². The molecule has 2 aliphatic rings. The molecule has 5 aromatic rings. The highest BCUT2D eigenvalue weighted by molar-refractivity contribution is 5.94. The number of pyridine rings is 1. The van der Waals surface area contributed by atoms with Gasteiger partial charge in [-0.1, -0.05) is 30.3 Å². The molecular formula is C31H31N9O3. The third kappa shape index (κ3) is 5.25. The second-order valence-electron chi connectivity index (χ2n) is 11.5. The molecule has 2 aromatic carbocycles. The summed E-state index contributed by atoms with van der Waals surface area (Å²) < 4.78 is 5.94. The highest BCUT2D eigenvalue weighted by atomic mass is 16.3. The Labute approximate surface area is 247 Å². The average molecular weight is 578 g/mol. The van der Waals surface area contributed by atoms with Gasteiger partial charge < -0.3 is 14.6 Å². The van der Waals surface area contributed by atoms with E-state index in [1.54, 1.807) is 43.6 Å². The van der Waals surface area contributed by atoms with Crippen LogP contribution < -0.4 is 5.32 Å². The maximum absolute atomic E-state index is 13.5. The molecule has 0 aliphatic carbocycles. The Morgan fingerprint density at radius 2 is 1.81 bits per heavy atom. The lowest BCUT2D eigenvalue weighted by Gasteiger charge is -2.56. The number of carbonyl (C=O) groups excluding carboxylic acids is 2. The number of fused-ring (bicyclic) bond motifs is 1. The van der Waals surface area contributed by atoms with E-state index in [2.05, 4.69) is 47.7 Å². The molecule has 1 N–H and O–H groups in total. The van der Waals surface area contributed by atoms with Crippen LogP contribution in [0.5, 0.6) is 0 Å². The largest absolute Gasteiger partial charge is 0.436 e. The summed E-state index contributed by atoms with van der Waals surface area (Å²) in [5.74, 6) is 0.843. The Kier molecular flexibility index (Phi) is 6.69. The van der Waals surface area contributed by atoms with Crippen LogP contribution in [0.25, 0.3) is 22.6 Å². The first kappa shape index (κ1) is 26.9. The number of aryl methyl sites for hydroxylation is 1. The summed E-state index contributed by atoms with van der Waals surface area (Å²) in [7, 11) is 1.78. The number of tetrazole rings is 1. The molecule has 218 valence electrons. The van der Waals surface area contributed by atoms with Crippen molar-refractivity contribution >= 4 is 28.6 Å². The quantitative estimate of drug-likeness (QED) is 0.320. The molecule has 5 heterocycles. The van der Waals surface area contributed by atoms with E-state index in [0.717, 1.165) is 31.5 Å². The fourth-order valence-corrected chi connectivity index (χ4v) is 6.24. The van der Waals surface area contributed by atoms with Crippen molar-refractivity contribution in [2.24, 2.45) is 12.5 Å². The van der Waals surface area contributed by atoms with Crippen LogP contribution in [0.3, 0.4) is 0 Å². The number of rotatable bonds is 6. The second kappa shape index (κ2) is 10.7. The number of nitrogens with zero attached hydrogens (tertiary/aromatic N) is 8. The molecule has 2 amide bonds. The van der Waals surface area contributed by atoms with Gasteiger partial charge in [-0.2, -0.15) is 4.80 Å². The summed E-state index contributed by atoms with van der Waals surface area (Å²) in [4.78, 5) is 39.7. The molecule has 7 rings (SSSR count). The summed E-state index contributed by atoms with van der Waals surface area (Å²) in [5.41, 5.74) is 4.20. The number of nitrogens with one attached hydrogen (secondary N) is 1. The van der Waals surface area contributed by atoms with Crippen molar-refractivity contribution in [2.45, 2.75) is 25.8 Å². The van der Waals surface area contributed by atoms with Gasteiger partial charge in [0.25, 0.3) is 5.91 Å². The predicted molar refractivity (Wildman–Crippen MR) is 158 cm³/mol. The van der Waals surface area contributed by atoms with Gasteiger partial charge >= 0.3 is 0 Å². The minimum Gasteiger partial charge on any atom is -0.436 e. The molecular weight excluding hydrogens is 546 g/mol. The number of hydrogen-bond acceptors (Lipinski definition) is 9. The monoisotopic (exact) mass is 577 g/mol. The Morgan fingerprint density at radius 1 is 1.02 bits per heavy atom. The molecule has 2 saturated heterocycles. The second-order valence-corrected chi connectivity index (χ2v) is 11.5. The van der Waals surface area contributed by atoms with Crippen molar-refractivity contribution in [2.75, 3.05) is 31.5 Å². The summed E-state index contributed by atoms with van der Waals surface area (Å²) in [5, 5.41) is 15.7. The van der Waals surface area contributed by atoms with Crippen molar-refractivity contribution < 1.29 is 14.0 Å². The van der Waals surface area contributed by atoms with Gasteiger partial charge in [0.15, 0.2) is 11.4 Å². The van der Waals surface area contributed by atoms with Crippen LogP contribution in [0.2, 0.25) is 0 Å². The number of benzene rings is 2. The van der Waals surface area contributed by atoms with E-state index >= 15 is 0 Å². The lowest BCUT2D eigenvalue weighted by atomic mass is 9.71. The SMILES string of the molecule is CC(=O)Nc1ccc2oc(-c3ccnc(C(=O)N4CCC5(CC4)CN(C(c4ccccc4)c4nnn(C)n4)C5)c3)nc2c1. The fourth-order valence-electron chi connectivity index (χ4n) is 6.24. The predicted octanol–water partition coefficient (Wildman–Crippen LogP) is 3.70. The Balaban J connectivity index is 1.02. The summed E-state index contributed by atoms with van der Waals surface area (Å²) in [6.07, 6.45) is 3.46. The van der Waals surface area contributed by atoms with Crippen LogP contribution in [-0.4, -0.2) is 78.0 Å². The average Bonchev–Trinajstić information content (AvgIpc) is 3.63. The zero-order valence-electron chi connectivity index (χ0n) is 24.0. The van der Waals surface area contributed by atoms with Gasteiger partial charge in [0, 0.05) is 50.6 Å². The summed E-state index contributed by atoms with van der Waals surface area (Å²) in [6.45, 7) is 4.64. The zero-order valence-corrected chi connectivity index (χ0v) is 24.0. The van der Waals surface area contributed by atoms with Crippen LogP contribution in [0, 0.1) is 5.41 Å². The van der Waals surface area contributed by atoms with Gasteiger partial charge in [-0.05, 0) is 59.4 Å². The van der Waals surface area contributed by atoms with Gasteiger partial charge in [0.05, 0.1) is 13.1 Å². The third-order valence-electron chi connectivity index (χ3n) is 8.37. The summed E-state index contributed by atoms with van der Waals surface area (Å²) in [6, 6.07) is 19.1. The normalized spacial score (nSPS) is 17.1. The van der Waals surface area contributed by atoms with Crippen molar-refractivity contribution in [3.05, 3.63) is 83.9 Å². The molecule has 12 heteroatoms. The number of oxazole rings is 1. The van der Waals surface area contributed by atoms with Crippen LogP contribution in [0.15, 0.2) is 71.3 Å². The number of anilines is 1. The van der Waals surface area contributed by atoms with Gasteiger partial charge in [0.1, 0.15) is 11.2 Å². The van der Waals surface area contributed by atoms with Crippen molar-refractivity contribution in [3.63, 3.8) is 0 Å². The molecule has 0 bridgehead atoms. The topological polar surface area (TPSA) is 135 Å². The molecule has 0 saturated carbocycles. The number of piperidine rings is 1. The Hall–Kier alpha value is -4.97. The lowest BCUT2D eigenvalue weighted by molar-refractivity contribution is -0.114. The third-order valence-corrected chi connectivity index (χ3v) is 8.37. The number of likely N-dealkylation sites (tertiary alicyclic amines) is 2. The maximum atomic E-state index is 13.5. The maximum Gasteiger partial charge on any atom is 0.272 e. The van der Waals surface area contributed by atoms with Crippen LogP contribution in [0.4, 0.5) is 5.69 Å². The zero-order chi connectivity index (χ0) is 29.6. The standard InChI is InChI=1S/C31H31N9O3/c1-20(41)33-23-8-9-26-24(17-23)34-29(43-26)22-10-13-32-25(16-22)30(42)39-14-11-31(12-15-39)18-40(19-31)27(21-6-4-3-5-7-21)28-35-37-38(2)36-28/h3-10,13,16-17,27H,11-12,14-15,18-19H2,1-2H3,(H,33,41). The van der Waals surface area contributed by atoms with Crippen LogP contribution in [0.1, 0.15) is 47.7 Å². The van der Waals surface area contributed by atoms with E-state index in [0.29, 0.717) is 52.8 Å². The van der Waals surface area contributed by atoms with Crippen molar-refractivity contribution in [3.8, 4) is 11.5 Å². The number of aromatic nitrogens is 6. The minimum atomic E-state index is -0.158. The molecule has 43 heavy (non-hydrogen) atoms. The highest BCUT2D eigenvalue weighted by Gasteiger charge is 2.49. The van der Waals surface area contributed by atoms with Gasteiger partial charge in [-0.25, -0.2) is 4.98 Å². The molecule has 2 aliphatic heterocycles. The molecule has 12 nitrogen and oxygen atoms in total. The molecule has 1 spiro atoms. The fraction of sp³-hybridized carbons (Fsp3) is 0.323. The first-order chi connectivity index (χ1) is 20.9. The smallest absolute Gasteiger partial charge is 0.272 e. The van der Waals surface area contributed by atoms with E-state index in [1.807, 2.05) is 23.1 Å². The molecule has 2 fully saturated rings. The van der Waals surface area contributed by atoms with Crippen molar-refractivity contribution in [1.29, 1.82) is 0 Å². The number of hydrogen-bond donors (Lipinski definition) is 1. The van der Waals surface area contributed by atoms with E-state index in [9.17, 15) is 9.59 Å². The summed E-state index contributed by atoms with van der Waals surface area (Å²) >= 11 is 0. The number of carbonyl (C=O) groups is 2. The molecule has 1 unspecified atom stereocenters. The first-order valence-electron chi connectivity index (χ1n) is 14.3. The molecule has 3 aromatic heterocycles. The Morgan fingerprint density at radius 3 is 2.53 bits per heavy atom. The van der Waals surface area contributed by atoms with Crippen molar-refractivity contribution in [1.82, 2.24) is 40.0 Å². The van der Waals surface area contributed by atoms with Gasteiger partial charge in [-0.3, -0.25) is 19.5 Å². The van der Waals surface area contributed by atoms with Gasteiger partial charge in [-0.15, -0.1) is 10.2 Å². The van der Waals surface area contributed by atoms with E-state index in [-0.39, 0.29) is 23.3 Å². The van der Waals surface area contributed by atoms with E-state index < -0.39 is 0 Å². The minimum absolute atomic E-state index is 0.0454. The van der Waals surface area contributed by atoms with E-state index in [4.69, 9.17) is 4.42 Å². The van der Waals surface area contributed by atoms with E-state index in [1.165, 1.54) is 11.7 Å². The molecule has 0 radical (unpaired) electrons.